The molecule has 0 saturated heterocycles. The predicted octanol–water partition coefficient (Wildman–Crippen LogP) is 5.84. The van der Waals surface area contributed by atoms with E-state index in [0.29, 0.717) is 0 Å². The van der Waals surface area contributed by atoms with Crippen molar-refractivity contribution in [3.05, 3.63) is 0 Å². The van der Waals surface area contributed by atoms with Gasteiger partial charge in [0.25, 0.3) is 0 Å². The van der Waals surface area contributed by atoms with Crippen LogP contribution in [0.4, 0.5) is 0 Å². The van der Waals surface area contributed by atoms with Crippen molar-refractivity contribution < 1.29 is 8.85 Å². The lowest BCUT2D eigenvalue weighted by Gasteiger charge is -2.15. The molecule has 0 aliphatic heterocycles. The van der Waals surface area contributed by atoms with Gasteiger partial charge in [0, 0.05) is 24.7 Å². The molecule has 0 N–H and O–H groups in total. The lowest BCUT2D eigenvalue weighted by atomic mass is 10.0. The van der Waals surface area contributed by atoms with Gasteiger partial charge in [-0.15, -0.1) is 0 Å². The number of hydrogen-bond donors (Lipinski definition) is 0. The lowest BCUT2D eigenvalue weighted by molar-refractivity contribution is 0.243. The minimum atomic E-state index is -0.281. The van der Waals surface area contributed by atoms with Crippen molar-refractivity contribution in [2.75, 3.05) is 24.7 Å². The van der Waals surface area contributed by atoms with E-state index in [9.17, 15) is 0 Å². The van der Waals surface area contributed by atoms with Gasteiger partial charge in [0.05, 0.1) is 0 Å². The van der Waals surface area contributed by atoms with Crippen molar-refractivity contribution >= 4 is 41.1 Å². The zero-order valence-electron chi connectivity index (χ0n) is 18.1. The van der Waals surface area contributed by atoms with Crippen molar-refractivity contribution in [1.29, 1.82) is 0 Å². The van der Waals surface area contributed by atoms with Crippen LogP contribution < -0.4 is 0 Å². The van der Waals surface area contributed by atoms with Gasteiger partial charge in [-0.2, -0.15) is 0 Å². The molecule has 6 heteroatoms. The summed E-state index contributed by atoms with van der Waals surface area (Å²) in [6.45, 7) is 11.2. The highest BCUT2D eigenvalue weighted by atomic mass is 33.1. The number of rotatable bonds is 21. The fraction of sp³-hybridized carbons (Fsp3) is 1.00. The maximum absolute atomic E-state index is 6.01. The predicted molar refractivity (Wildman–Crippen MR) is 130 cm³/mol. The third-order valence-corrected chi connectivity index (χ3v) is 10.8. The molecule has 2 atom stereocenters. The van der Waals surface area contributed by atoms with Crippen LogP contribution in [-0.4, -0.2) is 44.2 Å². The molecule has 0 spiro atoms. The molecule has 0 bridgehead atoms. The zero-order chi connectivity index (χ0) is 19.3. The minimum absolute atomic E-state index is 0.281. The summed E-state index contributed by atoms with van der Waals surface area (Å²) >= 11 is 0. The van der Waals surface area contributed by atoms with Crippen LogP contribution >= 0.6 is 21.6 Å². The molecular weight excluding hydrogens is 393 g/mol. The average Bonchev–Trinajstić information content (AvgIpc) is 2.67. The molecule has 0 aromatic heterocycles. The Balaban J connectivity index is 3.28. The molecule has 0 heterocycles. The maximum atomic E-state index is 6.01. The molecule has 0 aliphatic carbocycles. The molecule has 0 amide bonds. The summed E-state index contributed by atoms with van der Waals surface area (Å²) < 4.78 is 12.0. The second-order valence-corrected chi connectivity index (χ2v) is 13.1. The first-order valence-electron chi connectivity index (χ1n) is 11.2. The summed E-state index contributed by atoms with van der Waals surface area (Å²) in [7, 11) is 3.54. The van der Waals surface area contributed by atoms with Crippen LogP contribution in [0, 0.1) is 11.8 Å². The second kappa shape index (κ2) is 22.3. The van der Waals surface area contributed by atoms with Gasteiger partial charge in [-0.25, -0.2) is 0 Å². The first-order chi connectivity index (χ1) is 12.8. The Hall–Kier alpha value is 1.05. The van der Waals surface area contributed by atoms with E-state index in [4.69, 9.17) is 8.85 Å². The van der Waals surface area contributed by atoms with E-state index in [1.807, 2.05) is 21.6 Å². The van der Waals surface area contributed by atoms with Crippen LogP contribution in [-0.2, 0) is 8.85 Å². The van der Waals surface area contributed by atoms with Crippen molar-refractivity contribution in [1.82, 2.24) is 0 Å². The van der Waals surface area contributed by atoms with Crippen LogP contribution in [0.25, 0.3) is 0 Å². The fourth-order valence-electron chi connectivity index (χ4n) is 2.85. The molecule has 26 heavy (non-hydrogen) atoms. The summed E-state index contributed by atoms with van der Waals surface area (Å²) in [6.07, 6.45) is 10.6. The molecular formula is C20H46O2S2Si2. The van der Waals surface area contributed by atoms with Gasteiger partial charge in [-0.3, -0.25) is 0 Å². The molecule has 0 radical (unpaired) electrons. The Labute approximate surface area is 177 Å². The fourth-order valence-corrected chi connectivity index (χ4v) is 9.21. The van der Waals surface area contributed by atoms with E-state index in [1.54, 1.807) is 0 Å². The molecule has 0 aromatic carbocycles. The van der Waals surface area contributed by atoms with E-state index in [0.717, 1.165) is 25.0 Å². The van der Waals surface area contributed by atoms with Gasteiger partial charge in [-0.05, 0) is 36.8 Å². The highest BCUT2D eigenvalue weighted by Gasteiger charge is 2.06. The molecule has 2 nitrogen and oxygen atoms in total. The van der Waals surface area contributed by atoms with Crippen LogP contribution in [0.5, 0.6) is 0 Å². The summed E-state index contributed by atoms with van der Waals surface area (Å²) in [5.74, 6) is 4.17. The van der Waals surface area contributed by atoms with Crippen molar-refractivity contribution in [2.45, 2.75) is 91.1 Å². The number of hydrogen-bond acceptors (Lipinski definition) is 4. The quantitative estimate of drug-likeness (QED) is 0.127. The molecule has 2 unspecified atom stereocenters. The molecule has 0 aliphatic rings. The van der Waals surface area contributed by atoms with E-state index >= 15 is 0 Å². The SMILES string of the molecule is CCCCC(CC)CO[SiH2]CCSSCC[SiH2]OCC(CC)CCCC. The summed E-state index contributed by atoms with van der Waals surface area (Å²) in [4.78, 5) is 0. The van der Waals surface area contributed by atoms with Crippen LogP contribution in [0.3, 0.4) is 0 Å². The van der Waals surface area contributed by atoms with Gasteiger partial charge in [0.15, 0.2) is 19.5 Å². The van der Waals surface area contributed by atoms with Gasteiger partial charge < -0.3 is 8.85 Å². The average molecular weight is 439 g/mol. The third kappa shape index (κ3) is 18.4. The van der Waals surface area contributed by atoms with Crippen molar-refractivity contribution in [3.63, 3.8) is 0 Å². The minimum Gasteiger partial charge on any atom is -0.424 e. The summed E-state index contributed by atoms with van der Waals surface area (Å²) in [5, 5.41) is 0. The van der Waals surface area contributed by atoms with Gasteiger partial charge in [0.2, 0.25) is 0 Å². The largest absolute Gasteiger partial charge is 0.424 e. The Morgan fingerprint density at radius 3 is 1.46 bits per heavy atom. The third-order valence-electron chi connectivity index (χ3n) is 4.91. The van der Waals surface area contributed by atoms with E-state index in [-0.39, 0.29) is 19.5 Å². The molecule has 0 fully saturated rings. The van der Waals surface area contributed by atoms with Crippen LogP contribution in [0.1, 0.15) is 79.1 Å². The van der Waals surface area contributed by atoms with Gasteiger partial charge >= 0.3 is 0 Å². The topological polar surface area (TPSA) is 18.5 Å². The highest BCUT2D eigenvalue weighted by molar-refractivity contribution is 8.76. The highest BCUT2D eigenvalue weighted by Crippen LogP contribution is 2.23. The van der Waals surface area contributed by atoms with Crippen LogP contribution in [0.15, 0.2) is 0 Å². The normalized spacial score (nSPS) is 14.8. The molecule has 158 valence electrons. The summed E-state index contributed by atoms with van der Waals surface area (Å²) in [6, 6.07) is 2.65. The monoisotopic (exact) mass is 438 g/mol. The Bertz CT molecular complexity index is 248. The Morgan fingerprint density at radius 1 is 0.692 bits per heavy atom. The first kappa shape index (κ1) is 27.1. The zero-order valence-corrected chi connectivity index (χ0v) is 22.6. The van der Waals surface area contributed by atoms with E-state index < -0.39 is 0 Å². The Morgan fingerprint density at radius 2 is 1.12 bits per heavy atom. The molecule has 0 aromatic rings. The van der Waals surface area contributed by atoms with Crippen molar-refractivity contribution in [3.8, 4) is 0 Å². The maximum Gasteiger partial charge on any atom is 0.162 e. The summed E-state index contributed by atoms with van der Waals surface area (Å²) in [5.41, 5.74) is 0. The Kier molecular flexibility index (Phi) is 23.2. The van der Waals surface area contributed by atoms with Gasteiger partial charge in [0.1, 0.15) is 0 Å². The first-order valence-corrected chi connectivity index (χ1v) is 16.8. The number of unbranched alkanes of at least 4 members (excludes halogenated alkanes) is 2. The van der Waals surface area contributed by atoms with E-state index in [2.05, 4.69) is 27.7 Å². The molecule has 0 rings (SSSR count). The smallest absolute Gasteiger partial charge is 0.162 e. The lowest BCUT2D eigenvalue weighted by Crippen LogP contribution is -2.11. The van der Waals surface area contributed by atoms with Crippen LogP contribution in [0.2, 0.25) is 12.1 Å². The van der Waals surface area contributed by atoms with Crippen molar-refractivity contribution in [2.24, 2.45) is 11.8 Å². The standard InChI is InChI=1S/C20H46O2S2Si2/c1-5-9-11-19(7-3)17-21-25-15-13-23-24-14-16-26-22-18-20(8-4)12-10-6-2/h19-20H,5-18,25-26H2,1-4H3. The second-order valence-electron chi connectivity index (χ2n) is 7.33. The van der Waals surface area contributed by atoms with E-state index in [1.165, 1.54) is 75.0 Å². The van der Waals surface area contributed by atoms with Gasteiger partial charge in [-0.1, -0.05) is 87.8 Å². The molecule has 0 saturated carbocycles.